The molecule has 4 aromatic carbocycles. The van der Waals surface area contributed by atoms with Crippen molar-refractivity contribution in [1.29, 1.82) is 0 Å². The van der Waals surface area contributed by atoms with E-state index in [1.54, 1.807) is 90.8 Å². The third kappa shape index (κ3) is 10.7. The highest BCUT2D eigenvalue weighted by Crippen LogP contribution is 2.38. The average molecular weight is 881 g/mol. The topological polar surface area (TPSA) is 189 Å². The predicted octanol–water partition coefficient (Wildman–Crippen LogP) is 7.36. The zero-order valence-corrected chi connectivity index (χ0v) is 36.5. The minimum absolute atomic E-state index is 0.116. The average Bonchev–Trinajstić information content (AvgIpc) is 3.79. The molecule has 1 fully saturated rings. The number of methoxy groups -OCH3 is 4. The second-order valence-corrected chi connectivity index (χ2v) is 20.5. The quantitative estimate of drug-likeness (QED) is 0.105. The van der Waals surface area contributed by atoms with E-state index < -0.39 is 24.9 Å². The van der Waals surface area contributed by atoms with Gasteiger partial charge in [-0.3, -0.25) is 9.59 Å². The third-order valence-electron chi connectivity index (χ3n) is 9.32. The Morgan fingerprint density at radius 2 is 1.03 bits per heavy atom. The van der Waals surface area contributed by atoms with Crippen LogP contribution in [0.2, 0.25) is 0 Å². The van der Waals surface area contributed by atoms with Crippen molar-refractivity contribution in [3.8, 4) is 23.0 Å². The summed E-state index contributed by atoms with van der Waals surface area (Å²) in [6.45, 7) is 3.28. The van der Waals surface area contributed by atoms with Gasteiger partial charge < -0.3 is 29.6 Å². The summed E-state index contributed by atoms with van der Waals surface area (Å²) in [7, 11) is -0.338. The maximum atomic E-state index is 12.4. The number of anilines is 2. The molecule has 59 heavy (non-hydrogen) atoms. The van der Waals surface area contributed by atoms with E-state index in [9.17, 15) is 26.4 Å². The van der Waals surface area contributed by atoms with Gasteiger partial charge in [0, 0.05) is 24.3 Å². The van der Waals surface area contributed by atoms with Crippen molar-refractivity contribution in [2.24, 2.45) is 5.92 Å². The molecular weight excluding hydrogens is 837 g/mol. The summed E-state index contributed by atoms with van der Waals surface area (Å²) in [6.07, 6.45) is 2.22. The van der Waals surface area contributed by atoms with Crippen LogP contribution in [0.25, 0.3) is 20.4 Å². The first kappa shape index (κ1) is 43.3. The van der Waals surface area contributed by atoms with Crippen molar-refractivity contribution < 1.29 is 45.4 Å². The number of thiazole rings is 2. The van der Waals surface area contributed by atoms with Crippen molar-refractivity contribution in [2.45, 2.75) is 54.6 Å². The Bertz CT molecular complexity index is 2610. The Morgan fingerprint density at radius 1 is 0.644 bits per heavy atom. The number of benzene rings is 4. The maximum Gasteiger partial charge on any atom is 0.230 e. The van der Waals surface area contributed by atoms with Gasteiger partial charge in [0.1, 0.15) is 0 Å². The summed E-state index contributed by atoms with van der Waals surface area (Å²) in [5.74, 6) is 2.39. The van der Waals surface area contributed by atoms with Crippen molar-refractivity contribution in [2.75, 3.05) is 44.8 Å². The minimum Gasteiger partial charge on any atom is -0.493 e. The summed E-state index contributed by atoms with van der Waals surface area (Å²) in [6, 6.07) is 20.1. The number of hydrogen-bond acceptors (Lipinski definition) is 14. The van der Waals surface area contributed by atoms with Crippen LogP contribution in [0.1, 0.15) is 37.8 Å². The number of sulfone groups is 2. The number of nitrogens with one attached hydrogen (secondary N) is 2. The molecule has 2 amide bonds. The molecule has 0 unspecified atom stereocenters. The molecule has 0 atom stereocenters. The van der Waals surface area contributed by atoms with E-state index in [0.29, 0.717) is 55.1 Å². The lowest BCUT2D eigenvalue weighted by molar-refractivity contribution is -0.116. The molecule has 0 radical (unpaired) electrons. The number of hydrogen-bond donors (Lipinski definition) is 2. The molecule has 2 N–H and O–H groups in total. The molecule has 1 aliphatic carbocycles. The highest BCUT2D eigenvalue weighted by atomic mass is 32.2. The van der Waals surface area contributed by atoms with Gasteiger partial charge in [-0.05, 0) is 68.0 Å². The fourth-order valence-electron chi connectivity index (χ4n) is 5.89. The number of ether oxygens (including phenoxy) is 4. The van der Waals surface area contributed by atoms with Gasteiger partial charge in [0.05, 0.1) is 82.5 Å². The smallest absolute Gasteiger partial charge is 0.230 e. The van der Waals surface area contributed by atoms with Gasteiger partial charge in [-0.25, -0.2) is 26.8 Å². The van der Waals surface area contributed by atoms with Gasteiger partial charge in [0.15, 0.2) is 52.9 Å². The second-order valence-electron chi connectivity index (χ2n) is 13.9. The molecule has 0 spiro atoms. The lowest BCUT2D eigenvalue weighted by Gasteiger charge is -2.08. The van der Waals surface area contributed by atoms with Crippen molar-refractivity contribution in [3.63, 3.8) is 0 Å². The molecule has 0 saturated heterocycles. The number of amides is 2. The van der Waals surface area contributed by atoms with E-state index in [2.05, 4.69) is 20.6 Å². The van der Waals surface area contributed by atoms with E-state index in [-0.39, 0.29) is 35.3 Å². The van der Waals surface area contributed by atoms with Crippen LogP contribution in [0.15, 0.2) is 82.6 Å². The van der Waals surface area contributed by atoms with Crippen molar-refractivity contribution in [1.82, 2.24) is 9.97 Å². The van der Waals surface area contributed by atoms with Crippen molar-refractivity contribution >= 4 is 84.9 Å². The number of aromatic nitrogens is 2. The molecule has 0 bridgehead atoms. The van der Waals surface area contributed by atoms with Gasteiger partial charge in [-0.2, -0.15) is 0 Å². The molecule has 1 saturated carbocycles. The SMILES string of the molecule is COc1cc2nc(NC(=O)Cc3ccc(S(=O)(=O)C(C)C)cc3)sc2cc1OC.COc1cc2nc(NC(=O)Cc3ccc(S(=O)(=O)CC4CC4)cc3)sc2cc1OC. The summed E-state index contributed by atoms with van der Waals surface area (Å²) < 4.78 is 71.9. The standard InChI is InChI=1S/C21H22N2O5S2.C20H22N2O5S2/c1-27-17-10-16-19(11-18(17)28-2)29-21(22-16)23-20(24)9-13-5-7-15(8-6-13)30(25,26)12-14-3-4-14;1-12(2)29(24,25)14-7-5-13(6-8-14)9-19(23)22-20-21-15-10-16(26-3)17(27-4)11-18(15)28-20/h5-8,10-11,14H,3-4,9,12H2,1-2H3,(H,22,23,24);5-8,10-12H,9H2,1-4H3,(H,21,22,23). The molecule has 18 heteroatoms. The molecule has 2 aromatic heterocycles. The van der Waals surface area contributed by atoms with Gasteiger partial charge in [-0.1, -0.05) is 46.9 Å². The van der Waals surface area contributed by atoms with Crippen LogP contribution in [0.5, 0.6) is 23.0 Å². The molecule has 6 aromatic rings. The molecular formula is C41H44N4O10S4. The lowest BCUT2D eigenvalue weighted by atomic mass is 10.1. The molecule has 2 heterocycles. The Labute approximate surface area is 350 Å². The third-order valence-corrected chi connectivity index (χ3v) is 15.3. The van der Waals surface area contributed by atoms with Gasteiger partial charge in [0.25, 0.3) is 0 Å². The van der Waals surface area contributed by atoms with E-state index in [0.717, 1.165) is 33.4 Å². The van der Waals surface area contributed by atoms with Crippen LogP contribution in [0, 0.1) is 5.92 Å². The number of fused-ring (bicyclic) bond motifs is 2. The highest BCUT2D eigenvalue weighted by molar-refractivity contribution is 7.92. The fourth-order valence-corrected chi connectivity index (χ4v) is 10.4. The largest absolute Gasteiger partial charge is 0.493 e. The monoisotopic (exact) mass is 880 g/mol. The Morgan fingerprint density at radius 3 is 1.41 bits per heavy atom. The second kappa shape index (κ2) is 18.3. The molecule has 14 nitrogen and oxygen atoms in total. The normalized spacial score (nSPS) is 12.8. The van der Waals surface area contributed by atoms with Crippen LogP contribution >= 0.6 is 22.7 Å². The fraction of sp³-hybridized carbons (Fsp3) is 0.317. The first-order valence-electron chi connectivity index (χ1n) is 18.4. The first-order chi connectivity index (χ1) is 28.1. The Balaban J connectivity index is 0.000000199. The van der Waals surface area contributed by atoms with Crippen LogP contribution < -0.4 is 29.6 Å². The van der Waals surface area contributed by atoms with E-state index in [1.807, 2.05) is 12.1 Å². The number of rotatable bonds is 15. The Kier molecular flexibility index (Phi) is 13.4. The maximum absolute atomic E-state index is 12.4. The lowest BCUT2D eigenvalue weighted by Crippen LogP contribution is -2.15. The van der Waals surface area contributed by atoms with Crippen LogP contribution in [-0.2, 0) is 42.1 Å². The first-order valence-corrected chi connectivity index (χ1v) is 23.2. The van der Waals surface area contributed by atoms with E-state index >= 15 is 0 Å². The van der Waals surface area contributed by atoms with Crippen LogP contribution in [0.3, 0.4) is 0 Å². The Hall–Kier alpha value is -5.30. The van der Waals surface area contributed by atoms with Crippen LogP contribution in [0.4, 0.5) is 10.3 Å². The van der Waals surface area contributed by atoms with Crippen LogP contribution in [-0.4, -0.2) is 78.1 Å². The zero-order chi connectivity index (χ0) is 42.5. The molecule has 1 aliphatic rings. The summed E-state index contributed by atoms with van der Waals surface area (Å²) in [5, 5.41) is 6.05. The summed E-state index contributed by atoms with van der Waals surface area (Å²) in [5.41, 5.74) is 2.86. The summed E-state index contributed by atoms with van der Waals surface area (Å²) in [4.78, 5) is 34.2. The number of carbonyl (C=O) groups excluding carboxylic acids is 2. The highest BCUT2D eigenvalue weighted by Gasteiger charge is 2.29. The molecule has 0 aliphatic heterocycles. The molecule has 7 rings (SSSR count). The van der Waals surface area contributed by atoms with Gasteiger partial charge in [-0.15, -0.1) is 0 Å². The summed E-state index contributed by atoms with van der Waals surface area (Å²) >= 11 is 2.68. The number of nitrogens with zero attached hydrogens (tertiary/aromatic N) is 2. The van der Waals surface area contributed by atoms with Gasteiger partial charge in [0.2, 0.25) is 11.8 Å². The minimum atomic E-state index is -3.33. The molecule has 312 valence electrons. The zero-order valence-electron chi connectivity index (χ0n) is 33.2. The van der Waals surface area contributed by atoms with E-state index in [4.69, 9.17) is 18.9 Å². The van der Waals surface area contributed by atoms with Crippen molar-refractivity contribution in [3.05, 3.63) is 83.9 Å². The number of carbonyl (C=O) groups is 2. The predicted molar refractivity (Wildman–Crippen MR) is 230 cm³/mol. The van der Waals surface area contributed by atoms with E-state index in [1.165, 1.54) is 34.8 Å². The van der Waals surface area contributed by atoms with Gasteiger partial charge >= 0.3 is 0 Å².